The van der Waals surface area contributed by atoms with Crippen LogP contribution in [0.5, 0.6) is 0 Å². The molecule has 4 nitrogen and oxygen atoms in total. The third kappa shape index (κ3) is 2.75. The van der Waals surface area contributed by atoms with E-state index in [1.807, 2.05) is 6.92 Å². The van der Waals surface area contributed by atoms with Crippen molar-refractivity contribution >= 4 is 17.3 Å². The number of rotatable bonds is 3. The Morgan fingerprint density at radius 1 is 1.15 bits per heavy atom. The first-order chi connectivity index (χ1) is 9.52. The summed E-state index contributed by atoms with van der Waals surface area (Å²) in [6, 6.07) is 8.24. The van der Waals surface area contributed by atoms with E-state index in [4.69, 9.17) is 5.84 Å². The largest absolute Gasteiger partial charge is 0.323 e. The minimum Gasteiger partial charge on any atom is -0.323 e. The molecule has 0 bridgehead atoms. The molecule has 0 radical (unpaired) electrons. The zero-order chi connectivity index (χ0) is 14.7. The van der Waals surface area contributed by atoms with Crippen molar-refractivity contribution in [2.45, 2.75) is 6.92 Å². The van der Waals surface area contributed by atoms with E-state index in [0.717, 1.165) is 17.7 Å². The van der Waals surface area contributed by atoms with Gasteiger partial charge >= 0.3 is 0 Å². The van der Waals surface area contributed by atoms with E-state index in [9.17, 15) is 13.6 Å². The lowest BCUT2D eigenvalue weighted by Gasteiger charge is -2.11. The first kappa shape index (κ1) is 14.0. The van der Waals surface area contributed by atoms with Crippen LogP contribution in [0, 0.1) is 18.6 Å². The molecule has 2 aromatic rings. The monoisotopic (exact) mass is 277 g/mol. The standard InChI is InChI=1S/C14H13F2N3O/c1-8-5-6-9(12(7-8)19-17)14(20)18-13-10(15)3-2-4-11(13)16/h2-7,19H,17H2,1H3,(H,18,20). The molecule has 0 aromatic heterocycles. The molecule has 0 unspecified atom stereocenters. The van der Waals surface area contributed by atoms with Crippen molar-refractivity contribution in [3.05, 3.63) is 59.2 Å². The summed E-state index contributed by atoms with van der Waals surface area (Å²) in [5, 5.41) is 2.20. The van der Waals surface area contributed by atoms with E-state index in [1.54, 1.807) is 12.1 Å². The van der Waals surface area contributed by atoms with E-state index in [-0.39, 0.29) is 5.56 Å². The molecule has 104 valence electrons. The van der Waals surface area contributed by atoms with Crippen LogP contribution in [0.2, 0.25) is 0 Å². The SMILES string of the molecule is Cc1ccc(C(=O)Nc2c(F)cccc2F)c(NN)c1. The zero-order valence-electron chi connectivity index (χ0n) is 10.7. The number of carbonyl (C=O) groups excluding carboxylic acids is 1. The summed E-state index contributed by atoms with van der Waals surface area (Å²) < 4.78 is 27.0. The number of benzene rings is 2. The Kier molecular flexibility index (Phi) is 3.95. The average Bonchev–Trinajstić information content (AvgIpc) is 2.42. The number of nitrogens with one attached hydrogen (secondary N) is 2. The number of anilines is 2. The molecule has 0 saturated heterocycles. The summed E-state index contributed by atoms with van der Waals surface area (Å²) in [4.78, 5) is 12.1. The summed E-state index contributed by atoms with van der Waals surface area (Å²) in [5.74, 6) is 3.00. The fraction of sp³-hybridized carbons (Fsp3) is 0.0714. The highest BCUT2D eigenvalue weighted by molar-refractivity contribution is 6.08. The molecular formula is C14H13F2N3O. The smallest absolute Gasteiger partial charge is 0.257 e. The number of para-hydroxylation sites is 1. The van der Waals surface area contributed by atoms with Crippen molar-refractivity contribution < 1.29 is 13.6 Å². The Morgan fingerprint density at radius 2 is 1.80 bits per heavy atom. The van der Waals surface area contributed by atoms with Gasteiger partial charge in [-0.05, 0) is 36.8 Å². The van der Waals surface area contributed by atoms with E-state index < -0.39 is 23.2 Å². The summed E-state index contributed by atoms with van der Waals surface area (Å²) in [7, 11) is 0. The van der Waals surface area contributed by atoms with Gasteiger partial charge in [-0.15, -0.1) is 0 Å². The molecule has 20 heavy (non-hydrogen) atoms. The van der Waals surface area contributed by atoms with Gasteiger partial charge in [0.2, 0.25) is 0 Å². The highest BCUT2D eigenvalue weighted by Crippen LogP contribution is 2.22. The fourth-order valence-corrected chi connectivity index (χ4v) is 1.77. The maximum absolute atomic E-state index is 13.5. The van der Waals surface area contributed by atoms with Crippen molar-refractivity contribution in [1.82, 2.24) is 0 Å². The number of hydrogen-bond donors (Lipinski definition) is 3. The third-order valence-electron chi connectivity index (χ3n) is 2.78. The van der Waals surface area contributed by atoms with Crippen molar-refractivity contribution in [2.24, 2.45) is 5.84 Å². The first-order valence-corrected chi connectivity index (χ1v) is 5.85. The lowest BCUT2D eigenvalue weighted by atomic mass is 10.1. The number of halogens is 2. The third-order valence-corrected chi connectivity index (χ3v) is 2.78. The average molecular weight is 277 g/mol. The molecule has 4 N–H and O–H groups in total. The quantitative estimate of drug-likeness (QED) is 0.597. The van der Waals surface area contributed by atoms with Crippen molar-refractivity contribution in [2.75, 3.05) is 10.7 Å². The van der Waals surface area contributed by atoms with E-state index >= 15 is 0 Å². The van der Waals surface area contributed by atoms with Crippen LogP contribution >= 0.6 is 0 Å². The summed E-state index contributed by atoms with van der Waals surface area (Å²) in [6.07, 6.45) is 0. The van der Waals surface area contributed by atoms with Crippen molar-refractivity contribution in [3.63, 3.8) is 0 Å². The molecule has 2 aromatic carbocycles. The van der Waals surface area contributed by atoms with Gasteiger partial charge in [0.25, 0.3) is 5.91 Å². The number of hydrogen-bond acceptors (Lipinski definition) is 3. The number of amides is 1. The molecule has 0 aliphatic carbocycles. The highest BCUT2D eigenvalue weighted by Gasteiger charge is 2.15. The summed E-state index contributed by atoms with van der Waals surface area (Å²) in [6.45, 7) is 1.83. The molecule has 2 rings (SSSR count). The van der Waals surface area contributed by atoms with Crippen LogP contribution in [-0.4, -0.2) is 5.91 Å². The Morgan fingerprint density at radius 3 is 2.40 bits per heavy atom. The molecule has 0 atom stereocenters. The van der Waals surface area contributed by atoms with Gasteiger partial charge in [-0.1, -0.05) is 12.1 Å². The van der Waals surface area contributed by atoms with E-state index in [2.05, 4.69) is 10.7 Å². The summed E-state index contributed by atoms with van der Waals surface area (Å²) >= 11 is 0. The molecule has 0 spiro atoms. The van der Waals surface area contributed by atoms with E-state index in [1.165, 1.54) is 12.1 Å². The molecule has 0 fully saturated rings. The number of aryl methyl sites for hydroxylation is 1. The second kappa shape index (κ2) is 5.66. The predicted molar refractivity (Wildman–Crippen MR) is 73.3 cm³/mol. The predicted octanol–water partition coefficient (Wildman–Crippen LogP) is 2.81. The number of nitrogen functional groups attached to an aromatic ring is 1. The fourth-order valence-electron chi connectivity index (χ4n) is 1.77. The van der Waals surface area contributed by atoms with Crippen LogP contribution in [0.25, 0.3) is 0 Å². The normalized spacial score (nSPS) is 10.2. The zero-order valence-corrected chi connectivity index (χ0v) is 10.7. The van der Waals surface area contributed by atoms with Gasteiger partial charge in [-0.3, -0.25) is 10.6 Å². The van der Waals surface area contributed by atoms with Gasteiger partial charge < -0.3 is 10.7 Å². The second-order valence-electron chi connectivity index (χ2n) is 4.24. The van der Waals surface area contributed by atoms with Crippen LogP contribution in [0.4, 0.5) is 20.2 Å². The Hall–Kier alpha value is -2.47. The second-order valence-corrected chi connectivity index (χ2v) is 4.24. The first-order valence-electron chi connectivity index (χ1n) is 5.85. The molecule has 6 heteroatoms. The van der Waals surface area contributed by atoms with Crippen LogP contribution < -0.4 is 16.6 Å². The maximum Gasteiger partial charge on any atom is 0.257 e. The molecule has 1 amide bonds. The van der Waals surface area contributed by atoms with Gasteiger partial charge in [-0.25, -0.2) is 8.78 Å². The number of carbonyl (C=O) groups is 1. The molecule has 0 saturated carbocycles. The lowest BCUT2D eigenvalue weighted by molar-refractivity contribution is 0.102. The maximum atomic E-state index is 13.5. The van der Waals surface area contributed by atoms with Crippen LogP contribution in [0.3, 0.4) is 0 Å². The Bertz CT molecular complexity index is 639. The minimum atomic E-state index is -0.840. The van der Waals surface area contributed by atoms with Gasteiger partial charge in [0.1, 0.15) is 17.3 Å². The van der Waals surface area contributed by atoms with Crippen LogP contribution in [0.1, 0.15) is 15.9 Å². The topological polar surface area (TPSA) is 67.2 Å². The molecular weight excluding hydrogens is 264 g/mol. The molecule has 0 heterocycles. The van der Waals surface area contributed by atoms with Crippen molar-refractivity contribution in [1.29, 1.82) is 0 Å². The Labute approximate surface area is 114 Å². The van der Waals surface area contributed by atoms with Gasteiger partial charge in [0.15, 0.2) is 0 Å². The lowest BCUT2D eigenvalue weighted by Crippen LogP contribution is -2.18. The van der Waals surface area contributed by atoms with Crippen LogP contribution in [-0.2, 0) is 0 Å². The number of nitrogens with two attached hydrogens (primary N) is 1. The Balaban J connectivity index is 2.33. The molecule has 0 aliphatic heterocycles. The summed E-state index contributed by atoms with van der Waals surface area (Å²) in [5.41, 5.74) is 3.36. The van der Waals surface area contributed by atoms with Gasteiger partial charge in [-0.2, -0.15) is 0 Å². The minimum absolute atomic E-state index is 0.195. The van der Waals surface area contributed by atoms with Crippen LogP contribution in [0.15, 0.2) is 36.4 Å². The van der Waals surface area contributed by atoms with Gasteiger partial charge in [0.05, 0.1) is 11.3 Å². The van der Waals surface area contributed by atoms with Gasteiger partial charge in [0, 0.05) is 0 Å². The highest BCUT2D eigenvalue weighted by atomic mass is 19.1. The van der Waals surface area contributed by atoms with E-state index in [0.29, 0.717) is 5.69 Å². The number of hydrazine groups is 1. The van der Waals surface area contributed by atoms with Crippen molar-refractivity contribution in [3.8, 4) is 0 Å². The molecule has 0 aliphatic rings.